The quantitative estimate of drug-likeness (QED) is 0.562. The van der Waals surface area contributed by atoms with E-state index in [2.05, 4.69) is 31.9 Å². The second-order valence-corrected chi connectivity index (χ2v) is 7.39. The van der Waals surface area contributed by atoms with Crippen LogP contribution < -0.4 is 0 Å². The van der Waals surface area contributed by atoms with Crippen LogP contribution in [0.3, 0.4) is 0 Å². The predicted molar refractivity (Wildman–Crippen MR) is 74.6 cm³/mol. The molecule has 1 aromatic rings. The van der Waals surface area contributed by atoms with Gasteiger partial charge in [0.2, 0.25) is 0 Å². The van der Waals surface area contributed by atoms with Gasteiger partial charge in [-0.05, 0) is 64.8 Å². The molecule has 0 aliphatic carbocycles. The molecule has 1 aromatic heterocycles. The molecule has 88 valence electrons. The summed E-state index contributed by atoms with van der Waals surface area (Å²) in [5, 5.41) is 0. The second kappa shape index (κ2) is 5.47. The molecule has 0 atom stereocenters. The summed E-state index contributed by atoms with van der Waals surface area (Å²) in [7, 11) is 0. The Morgan fingerprint density at radius 1 is 1.44 bits per heavy atom. The number of hydrogen-bond acceptors (Lipinski definition) is 3. The minimum Gasteiger partial charge on any atom is -0.457 e. The van der Waals surface area contributed by atoms with Gasteiger partial charge in [-0.15, -0.1) is 11.3 Å². The van der Waals surface area contributed by atoms with Gasteiger partial charge in [0.25, 0.3) is 0 Å². The maximum atomic E-state index is 11.4. The number of halogens is 2. The molecule has 0 bridgehead atoms. The SMILES string of the molecule is CC(C)(C)OC(=O)/C=C/c1cc(Br)c(Br)s1. The summed E-state index contributed by atoms with van der Waals surface area (Å²) in [6.45, 7) is 5.53. The van der Waals surface area contributed by atoms with Gasteiger partial charge in [-0.2, -0.15) is 0 Å². The third-order valence-corrected chi connectivity index (χ3v) is 4.68. The Morgan fingerprint density at radius 3 is 2.50 bits per heavy atom. The van der Waals surface area contributed by atoms with Crippen LogP contribution in [0.4, 0.5) is 0 Å². The van der Waals surface area contributed by atoms with E-state index in [1.807, 2.05) is 26.8 Å². The molecule has 0 unspecified atom stereocenters. The number of ether oxygens (including phenoxy) is 1. The van der Waals surface area contributed by atoms with Crippen LogP contribution in [0, 0.1) is 0 Å². The summed E-state index contributed by atoms with van der Waals surface area (Å²) in [6, 6.07) is 1.94. The Hall–Kier alpha value is -0.130. The smallest absolute Gasteiger partial charge is 0.331 e. The Morgan fingerprint density at radius 2 is 2.06 bits per heavy atom. The van der Waals surface area contributed by atoms with E-state index in [9.17, 15) is 4.79 Å². The maximum absolute atomic E-state index is 11.4. The lowest BCUT2D eigenvalue weighted by Crippen LogP contribution is -2.22. The standard InChI is InChI=1S/C11H12Br2O2S/c1-11(2,3)15-9(14)5-4-7-6-8(12)10(13)16-7/h4-6H,1-3H3/b5-4+. The number of carbonyl (C=O) groups excluding carboxylic acids is 1. The minimum atomic E-state index is -0.446. The van der Waals surface area contributed by atoms with Crippen LogP contribution in [0.15, 0.2) is 20.4 Å². The fourth-order valence-electron chi connectivity index (χ4n) is 0.931. The average Bonchev–Trinajstić information content (AvgIpc) is 2.40. The molecule has 0 fully saturated rings. The zero-order chi connectivity index (χ0) is 12.3. The second-order valence-electron chi connectivity index (χ2n) is 4.14. The molecule has 0 saturated heterocycles. The normalized spacial score (nSPS) is 12.1. The maximum Gasteiger partial charge on any atom is 0.331 e. The number of carbonyl (C=O) groups is 1. The first-order chi connectivity index (χ1) is 7.28. The molecule has 0 radical (unpaired) electrons. The van der Waals surface area contributed by atoms with Crippen molar-refractivity contribution in [2.45, 2.75) is 26.4 Å². The van der Waals surface area contributed by atoms with Crippen molar-refractivity contribution in [2.75, 3.05) is 0 Å². The lowest BCUT2D eigenvalue weighted by atomic mass is 10.2. The first-order valence-corrected chi connectivity index (χ1v) is 7.04. The fraction of sp³-hybridized carbons (Fsp3) is 0.364. The van der Waals surface area contributed by atoms with Crippen LogP contribution in [0.1, 0.15) is 25.6 Å². The Kier molecular flexibility index (Phi) is 4.76. The molecule has 0 aliphatic heterocycles. The highest BCUT2D eigenvalue weighted by atomic mass is 79.9. The molecule has 5 heteroatoms. The van der Waals surface area contributed by atoms with Crippen LogP contribution in [0.5, 0.6) is 0 Å². The topological polar surface area (TPSA) is 26.3 Å². The summed E-state index contributed by atoms with van der Waals surface area (Å²) in [5.41, 5.74) is -0.446. The minimum absolute atomic E-state index is 0.326. The zero-order valence-electron chi connectivity index (χ0n) is 9.21. The molecule has 16 heavy (non-hydrogen) atoms. The van der Waals surface area contributed by atoms with E-state index in [0.29, 0.717) is 0 Å². The summed E-state index contributed by atoms with van der Waals surface area (Å²) in [6.07, 6.45) is 3.18. The van der Waals surface area contributed by atoms with E-state index in [-0.39, 0.29) is 5.97 Å². The number of hydrogen-bond donors (Lipinski definition) is 0. The van der Waals surface area contributed by atoms with Gasteiger partial charge in [0.05, 0.1) is 3.79 Å². The van der Waals surface area contributed by atoms with Crippen molar-refractivity contribution in [1.82, 2.24) is 0 Å². The summed E-state index contributed by atoms with van der Waals surface area (Å²) in [5.74, 6) is -0.326. The van der Waals surface area contributed by atoms with Gasteiger partial charge in [0.1, 0.15) is 5.60 Å². The van der Waals surface area contributed by atoms with Gasteiger partial charge in [-0.25, -0.2) is 4.79 Å². The van der Waals surface area contributed by atoms with E-state index in [0.717, 1.165) is 13.1 Å². The number of rotatable bonds is 2. The van der Waals surface area contributed by atoms with E-state index in [1.165, 1.54) is 6.08 Å². The van der Waals surface area contributed by atoms with Crippen molar-refractivity contribution < 1.29 is 9.53 Å². The third-order valence-electron chi connectivity index (χ3n) is 1.45. The highest BCUT2D eigenvalue weighted by molar-refractivity contribution is 9.13. The Balaban J connectivity index is 2.64. The van der Waals surface area contributed by atoms with E-state index in [4.69, 9.17) is 4.74 Å². The lowest BCUT2D eigenvalue weighted by molar-refractivity contribution is -0.148. The zero-order valence-corrected chi connectivity index (χ0v) is 13.2. The lowest BCUT2D eigenvalue weighted by Gasteiger charge is -2.17. The monoisotopic (exact) mass is 366 g/mol. The van der Waals surface area contributed by atoms with Gasteiger partial charge in [0.15, 0.2) is 0 Å². The van der Waals surface area contributed by atoms with E-state index in [1.54, 1.807) is 17.4 Å². The molecular formula is C11H12Br2O2S. The molecule has 0 amide bonds. The average molecular weight is 368 g/mol. The van der Waals surface area contributed by atoms with Crippen molar-refractivity contribution in [3.05, 3.63) is 25.3 Å². The van der Waals surface area contributed by atoms with Gasteiger partial charge < -0.3 is 4.74 Å². The first-order valence-electron chi connectivity index (χ1n) is 4.64. The summed E-state index contributed by atoms with van der Waals surface area (Å²) in [4.78, 5) is 12.4. The Labute approximate surface area is 116 Å². The van der Waals surface area contributed by atoms with E-state index < -0.39 is 5.60 Å². The molecule has 0 aromatic carbocycles. The predicted octanol–water partition coefficient (Wildman–Crippen LogP) is 4.63. The van der Waals surface area contributed by atoms with Crippen LogP contribution in [-0.2, 0) is 9.53 Å². The highest BCUT2D eigenvalue weighted by Crippen LogP contribution is 2.32. The molecule has 0 saturated carbocycles. The van der Waals surface area contributed by atoms with Crippen molar-refractivity contribution in [3.63, 3.8) is 0 Å². The summed E-state index contributed by atoms with van der Waals surface area (Å²) >= 11 is 8.33. The van der Waals surface area contributed by atoms with Crippen molar-refractivity contribution in [3.8, 4) is 0 Å². The number of thiophene rings is 1. The third kappa shape index (κ3) is 4.80. The highest BCUT2D eigenvalue weighted by Gasteiger charge is 2.13. The van der Waals surface area contributed by atoms with Crippen molar-refractivity contribution >= 4 is 55.2 Å². The molecule has 2 nitrogen and oxygen atoms in total. The number of esters is 1. The molecule has 1 rings (SSSR count). The van der Waals surface area contributed by atoms with Crippen LogP contribution in [-0.4, -0.2) is 11.6 Å². The van der Waals surface area contributed by atoms with Crippen molar-refractivity contribution in [1.29, 1.82) is 0 Å². The molecule has 0 N–H and O–H groups in total. The van der Waals surface area contributed by atoms with Gasteiger partial charge >= 0.3 is 5.97 Å². The Bertz CT molecular complexity index is 397. The molecule has 0 aliphatic rings. The first kappa shape index (κ1) is 13.9. The molecule has 1 heterocycles. The van der Waals surface area contributed by atoms with Crippen LogP contribution in [0.25, 0.3) is 6.08 Å². The van der Waals surface area contributed by atoms with Gasteiger partial charge in [-0.3, -0.25) is 0 Å². The van der Waals surface area contributed by atoms with Crippen LogP contribution >= 0.6 is 43.2 Å². The largest absolute Gasteiger partial charge is 0.457 e. The van der Waals surface area contributed by atoms with Gasteiger partial charge in [-0.1, -0.05) is 0 Å². The van der Waals surface area contributed by atoms with Gasteiger partial charge in [0, 0.05) is 15.4 Å². The molecular weight excluding hydrogens is 356 g/mol. The fourth-order valence-corrected chi connectivity index (χ4v) is 2.92. The van der Waals surface area contributed by atoms with E-state index >= 15 is 0 Å². The van der Waals surface area contributed by atoms with Crippen molar-refractivity contribution in [2.24, 2.45) is 0 Å². The van der Waals surface area contributed by atoms with Crippen LogP contribution in [0.2, 0.25) is 0 Å². The summed E-state index contributed by atoms with van der Waals surface area (Å²) < 4.78 is 7.15. The molecule has 0 spiro atoms.